The van der Waals surface area contributed by atoms with E-state index in [4.69, 9.17) is 4.74 Å². The summed E-state index contributed by atoms with van der Waals surface area (Å²) in [6.45, 7) is 3.46. The highest BCUT2D eigenvalue weighted by molar-refractivity contribution is 5.96. The van der Waals surface area contributed by atoms with Gasteiger partial charge in [-0.1, -0.05) is 0 Å². The standard InChI is InChI=1S/C13H19NO2/c1-4-16-12-7-5-11(6-8-12)13(15)9-10-14(2)3/h5-8H,4,9-10H2,1-3H3/p+1. The van der Waals surface area contributed by atoms with Crippen molar-refractivity contribution in [1.82, 2.24) is 0 Å². The molecule has 0 radical (unpaired) electrons. The number of rotatable bonds is 6. The lowest BCUT2D eigenvalue weighted by atomic mass is 10.1. The van der Waals surface area contributed by atoms with Crippen molar-refractivity contribution in [2.45, 2.75) is 13.3 Å². The van der Waals surface area contributed by atoms with Crippen LogP contribution in [0.4, 0.5) is 0 Å². The minimum Gasteiger partial charge on any atom is -0.494 e. The van der Waals surface area contributed by atoms with E-state index in [0.717, 1.165) is 17.9 Å². The Kier molecular flexibility index (Phi) is 4.99. The maximum absolute atomic E-state index is 11.8. The normalized spacial score (nSPS) is 10.5. The first-order valence-corrected chi connectivity index (χ1v) is 5.68. The van der Waals surface area contributed by atoms with Gasteiger partial charge in [-0.15, -0.1) is 0 Å². The van der Waals surface area contributed by atoms with Crippen LogP contribution in [0.3, 0.4) is 0 Å². The van der Waals surface area contributed by atoms with Crippen molar-refractivity contribution in [1.29, 1.82) is 0 Å². The van der Waals surface area contributed by atoms with E-state index in [9.17, 15) is 4.79 Å². The SMILES string of the molecule is CCOc1ccc(C(=O)CC[NH+](C)C)cc1. The number of ketones is 1. The molecule has 0 amide bonds. The fourth-order valence-electron chi connectivity index (χ4n) is 1.41. The second-order valence-electron chi connectivity index (χ2n) is 4.09. The zero-order chi connectivity index (χ0) is 12.0. The lowest BCUT2D eigenvalue weighted by Gasteiger charge is -2.07. The number of carbonyl (C=O) groups is 1. The summed E-state index contributed by atoms with van der Waals surface area (Å²) in [6, 6.07) is 7.36. The summed E-state index contributed by atoms with van der Waals surface area (Å²) >= 11 is 0. The lowest BCUT2D eigenvalue weighted by molar-refractivity contribution is -0.857. The van der Waals surface area contributed by atoms with E-state index >= 15 is 0 Å². The molecule has 0 aromatic heterocycles. The molecule has 0 spiro atoms. The average Bonchev–Trinajstić information content (AvgIpc) is 2.27. The number of benzene rings is 1. The Bertz CT molecular complexity index is 330. The molecule has 0 saturated carbocycles. The Morgan fingerprint density at radius 2 is 1.88 bits per heavy atom. The quantitative estimate of drug-likeness (QED) is 0.722. The highest BCUT2D eigenvalue weighted by Gasteiger charge is 2.07. The molecule has 1 aromatic carbocycles. The molecule has 0 heterocycles. The molecular weight excluding hydrogens is 202 g/mol. The second-order valence-corrected chi connectivity index (χ2v) is 4.09. The second kappa shape index (κ2) is 6.28. The maximum Gasteiger partial charge on any atom is 0.168 e. The molecule has 1 rings (SSSR count). The zero-order valence-electron chi connectivity index (χ0n) is 10.2. The van der Waals surface area contributed by atoms with Crippen LogP contribution in [-0.2, 0) is 0 Å². The number of carbonyl (C=O) groups excluding carboxylic acids is 1. The van der Waals surface area contributed by atoms with Crippen LogP contribution in [0.15, 0.2) is 24.3 Å². The number of ether oxygens (including phenoxy) is 1. The molecule has 88 valence electrons. The Morgan fingerprint density at radius 3 is 2.38 bits per heavy atom. The molecule has 0 saturated heterocycles. The van der Waals surface area contributed by atoms with E-state index in [-0.39, 0.29) is 5.78 Å². The van der Waals surface area contributed by atoms with Gasteiger partial charge >= 0.3 is 0 Å². The van der Waals surface area contributed by atoms with Gasteiger partial charge in [0.1, 0.15) is 5.75 Å². The van der Waals surface area contributed by atoms with Gasteiger partial charge in [-0.25, -0.2) is 0 Å². The van der Waals surface area contributed by atoms with Gasteiger partial charge < -0.3 is 9.64 Å². The third-order valence-electron chi connectivity index (χ3n) is 2.34. The molecule has 1 aromatic rings. The van der Waals surface area contributed by atoms with Crippen LogP contribution in [0, 0.1) is 0 Å². The van der Waals surface area contributed by atoms with Crippen LogP contribution in [0.1, 0.15) is 23.7 Å². The van der Waals surface area contributed by atoms with Gasteiger partial charge in [0.25, 0.3) is 0 Å². The summed E-state index contributed by atoms with van der Waals surface area (Å²) in [5.74, 6) is 1.02. The van der Waals surface area contributed by atoms with Gasteiger partial charge in [0.2, 0.25) is 0 Å². The molecule has 16 heavy (non-hydrogen) atoms. The zero-order valence-corrected chi connectivity index (χ0v) is 10.2. The Morgan fingerprint density at radius 1 is 1.25 bits per heavy atom. The highest BCUT2D eigenvalue weighted by atomic mass is 16.5. The molecule has 3 nitrogen and oxygen atoms in total. The lowest BCUT2D eigenvalue weighted by Crippen LogP contribution is -3.05. The Balaban J connectivity index is 2.56. The summed E-state index contributed by atoms with van der Waals surface area (Å²) in [4.78, 5) is 13.1. The minimum absolute atomic E-state index is 0.198. The molecule has 1 N–H and O–H groups in total. The van der Waals surface area contributed by atoms with Crippen molar-refractivity contribution in [3.05, 3.63) is 29.8 Å². The fourth-order valence-corrected chi connectivity index (χ4v) is 1.41. The van der Waals surface area contributed by atoms with E-state index in [1.165, 1.54) is 4.90 Å². The molecule has 0 unspecified atom stereocenters. The van der Waals surface area contributed by atoms with Crippen LogP contribution < -0.4 is 9.64 Å². The van der Waals surface area contributed by atoms with E-state index in [0.29, 0.717) is 13.0 Å². The van der Waals surface area contributed by atoms with Crippen molar-refractivity contribution in [2.75, 3.05) is 27.2 Å². The molecule has 0 aliphatic carbocycles. The molecule has 0 aliphatic heterocycles. The van der Waals surface area contributed by atoms with Crippen molar-refractivity contribution in [3.63, 3.8) is 0 Å². The molecular formula is C13H20NO2+. The Hall–Kier alpha value is -1.35. The van der Waals surface area contributed by atoms with Gasteiger partial charge in [0.15, 0.2) is 5.78 Å². The van der Waals surface area contributed by atoms with Crippen molar-refractivity contribution in [3.8, 4) is 5.75 Å². The van der Waals surface area contributed by atoms with Crippen LogP contribution in [0.5, 0.6) is 5.75 Å². The Labute approximate surface area is 97.0 Å². The number of hydrogen-bond acceptors (Lipinski definition) is 2. The third kappa shape index (κ3) is 4.03. The summed E-state index contributed by atoms with van der Waals surface area (Å²) in [5.41, 5.74) is 0.768. The topological polar surface area (TPSA) is 30.7 Å². The van der Waals surface area contributed by atoms with Gasteiger partial charge in [0, 0.05) is 5.56 Å². The molecule has 0 atom stereocenters. The first-order valence-electron chi connectivity index (χ1n) is 5.68. The maximum atomic E-state index is 11.8. The van der Waals surface area contributed by atoms with Crippen LogP contribution in [-0.4, -0.2) is 33.0 Å². The van der Waals surface area contributed by atoms with Crippen molar-refractivity contribution >= 4 is 5.78 Å². The highest BCUT2D eigenvalue weighted by Crippen LogP contribution is 2.12. The monoisotopic (exact) mass is 222 g/mol. The predicted molar refractivity (Wildman–Crippen MR) is 64.2 cm³/mol. The van der Waals surface area contributed by atoms with Crippen LogP contribution >= 0.6 is 0 Å². The summed E-state index contributed by atoms with van der Waals surface area (Å²) in [7, 11) is 4.09. The molecule has 0 bridgehead atoms. The molecule has 3 heteroatoms. The molecule has 0 aliphatic rings. The number of hydrogen-bond donors (Lipinski definition) is 1. The summed E-state index contributed by atoms with van der Waals surface area (Å²) in [5, 5.41) is 0. The molecule has 0 fully saturated rings. The largest absolute Gasteiger partial charge is 0.494 e. The van der Waals surface area contributed by atoms with E-state index in [1.807, 2.05) is 45.3 Å². The van der Waals surface area contributed by atoms with E-state index in [2.05, 4.69) is 0 Å². The average molecular weight is 222 g/mol. The van der Waals surface area contributed by atoms with Gasteiger partial charge in [-0.2, -0.15) is 0 Å². The van der Waals surface area contributed by atoms with Crippen LogP contribution in [0.2, 0.25) is 0 Å². The smallest absolute Gasteiger partial charge is 0.168 e. The van der Waals surface area contributed by atoms with Crippen molar-refractivity contribution in [2.24, 2.45) is 0 Å². The predicted octanol–water partition coefficient (Wildman–Crippen LogP) is 0.803. The minimum atomic E-state index is 0.198. The number of Topliss-reactive ketones (excluding diaryl/α,β-unsaturated/α-hetero) is 1. The van der Waals surface area contributed by atoms with E-state index in [1.54, 1.807) is 0 Å². The number of quaternary nitrogens is 1. The third-order valence-corrected chi connectivity index (χ3v) is 2.34. The first-order chi connectivity index (χ1) is 7.63. The number of nitrogens with one attached hydrogen (secondary N) is 1. The summed E-state index contributed by atoms with van der Waals surface area (Å²) in [6.07, 6.45) is 0.594. The van der Waals surface area contributed by atoms with Crippen LogP contribution in [0.25, 0.3) is 0 Å². The van der Waals surface area contributed by atoms with Gasteiger partial charge in [-0.3, -0.25) is 4.79 Å². The van der Waals surface area contributed by atoms with Gasteiger partial charge in [-0.05, 0) is 31.2 Å². The first kappa shape index (κ1) is 12.7. The summed E-state index contributed by atoms with van der Waals surface area (Å²) < 4.78 is 5.32. The van der Waals surface area contributed by atoms with E-state index < -0.39 is 0 Å². The van der Waals surface area contributed by atoms with Crippen molar-refractivity contribution < 1.29 is 14.4 Å². The fraction of sp³-hybridized carbons (Fsp3) is 0.462. The van der Waals surface area contributed by atoms with Gasteiger partial charge in [0.05, 0.1) is 33.7 Å².